The van der Waals surface area contributed by atoms with E-state index in [0.717, 1.165) is 4.31 Å². The van der Waals surface area contributed by atoms with E-state index in [9.17, 15) is 16.8 Å². The molecule has 0 aliphatic rings. The number of hydrogen-bond donors (Lipinski definition) is 1. The van der Waals surface area contributed by atoms with Gasteiger partial charge >= 0.3 is 0 Å². The summed E-state index contributed by atoms with van der Waals surface area (Å²) in [5.74, 6) is 0. The van der Waals surface area contributed by atoms with Crippen molar-refractivity contribution in [1.29, 1.82) is 0 Å². The van der Waals surface area contributed by atoms with E-state index in [-0.39, 0.29) is 9.79 Å². The van der Waals surface area contributed by atoms with E-state index < -0.39 is 20.0 Å². The number of rotatable bonds is 5. The minimum absolute atomic E-state index is 0.0258. The fraction of sp³-hybridized carbons (Fsp3) is 0.154. The first-order chi connectivity index (χ1) is 10.2. The molecule has 9 heteroatoms. The molecule has 0 saturated heterocycles. The summed E-state index contributed by atoms with van der Waals surface area (Å²) in [4.78, 5) is 3.81. The van der Waals surface area contributed by atoms with E-state index in [1.807, 2.05) is 0 Å². The number of nitrogens with zero attached hydrogens (tertiary/aromatic N) is 2. The first-order valence-corrected chi connectivity index (χ1v) is 9.11. The van der Waals surface area contributed by atoms with Gasteiger partial charge in [0.05, 0.1) is 21.7 Å². The summed E-state index contributed by atoms with van der Waals surface area (Å²) in [5.41, 5.74) is 0.326. The van der Waals surface area contributed by atoms with E-state index in [1.165, 1.54) is 50.8 Å². The topological polar surface area (TPSA) is 96.4 Å². The largest absolute Gasteiger partial charge is 0.278 e. The fourth-order valence-corrected chi connectivity index (χ4v) is 3.58. The molecule has 0 fully saturated rings. The van der Waals surface area contributed by atoms with Gasteiger partial charge in [-0.3, -0.25) is 9.71 Å². The highest BCUT2D eigenvalue weighted by Crippen LogP contribution is 2.19. The minimum Gasteiger partial charge on any atom is -0.278 e. The van der Waals surface area contributed by atoms with Crippen LogP contribution in [0, 0.1) is 0 Å². The highest BCUT2D eigenvalue weighted by atomic mass is 32.2. The molecule has 0 spiro atoms. The third kappa shape index (κ3) is 3.43. The van der Waals surface area contributed by atoms with Gasteiger partial charge in [-0.05, 0) is 36.4 Å². The molecule has 0 saturated carbocycles. The van der Waals surface area contributed by atoms with Crippen LogP contribution in [-0.4, -0.2) is 40.2 Å². The molecule has 1 aromatic carbocycles. The zero-order valence-electron chi connectivity index (χ0n) is 12.0. The van der Waals surface area contributed by atoms with Crippen molar-refractivity contribution in [2.45, 2.75) is 9.79 Å². The molecular weight excluding hydrogens is 326 g/mol. The maximum atomic E-state index is 12.2. The molecule has 2 rings (SSSR count). The lowest BCUT2D eigenvalue weighted by Gasteiger charge is -2.12. The minimum atomic E-state index is -3.79. The Hall–Kier alpha value is -1.97. The van der Waals surface area contributed by atoms with Crippen molar-refractivity contribution in [3.63, 3.8) is 0 Å². The number of benzene rings is 1. The quantitative estimate of drug-likeness (QED) is 0.879. The van der Waals surface area contributed by atoms with Crippen molar-refractivity contribution >= 4 is 25.7 Å². The van der Waals surface area contributed by atoms with Crippen LogP contribution >= 0.6 is 0 Å². The van der Waals surface area contributed by atoms with Crippen molar-refractivity contribution in [1.82, 2.24) is 9.29 Å². The van der Waals surface area contributed by atoms with Crippen molar-refractivity contribution in [2.24, 2.45) is 0 Å². The number of pyridine rings is 1. The molecule has 0 radical (unpaired) electrons. The molecule has 1 N–H and O–H groups in total. The van der Waals surface area contributed by atoms with Gasteiger partial charge < -0.3 is 0 Å². The highest BCUT2D eigenvalue weighted by Gasteiger charge is 2.19. The van der Waals surface area contributed by atoms with E-state index in [0.29, 0.717) is 5.69 Å². The monoisotopic (exact) mass is 341 g/mol. The van der Waals surface area contributed by atoms with Gasteiger partial charge in [-0.1, -0.05) is 0 Å². The molecule has 0 atom stereocenters. The molecule has 0 unspecified atom stereocenters. The molecule has 22 heavy (non-hydrogen) atoms. The molecule has 1 heterocycles. The standard InChI is InChI=1S/C13H15N3O4S2/c1-16(2)22(19,20)13-7-5-12(6-8-13)21(17,18)15-11-4-3-9-14-10-11/h3-10,15H,1-2H3. The summed E-state index contributed by atoms with van der Waals surface area (Å²) in [6.45, 7) is 0. The lowest BCUT2D eigenvalue weighted by molar-refractivity contribution is 0.520. The van der Waals surface area contributed by atoms with Crippen LogP contribution in [-0.2, 0) is 20.0 Å². The maximum Gasteiger partial charge on any atom is 0.261 e. The molecule has 0 amide bonds. The van der Waals surface area contributed by atoms with Crippen molar-refractivity contribution in [2.75, 3.05) is 18.8 Å². The van der Waals surface area contributed by atoms with Crippen molar-refractivity contribution in [3.05, 3.63) is 48.8 Å². The Kier molecular flexibility index (Phi) is 4.50. The second-order valence-electron chi connectivity index (χ2n) is 4.61. The van der Waals surface area contributed by atoms with Crippen molar-refractivity contribution < 1.29 is 16.8 Å². The SMILES string of the molecule is CN(C)S(=O)(=O)c1ccc(S(=O)(=O)Nc2cccnc2)cc1. The van der Waals surface area contributed by atoms with Crippen LogP contribution in [0.15, 0.2) is 58.6 Å². The predicted octanol–water partition coefficient (Wildman–Crippen LogP) is 1.13. The Bertz CT molecular complexity index is 846. The lowest BCUT2D eigenvalue weighted by atomic mass is 10.4. The number of aromatic nitrogens is 1. The second-order valence-corrected chi connectivity index (χ2v) is 8.44. The number of hydrogen-bond acceptors (Lipinski definition) is 5. The zero-order valence-corrected chi connectivity index (χ0v) is 13.6. The normalized spacial score (nSPS) is 12.3. The Labute approximate surface area is 129 Å². The molecule has 0 bridgehead atoms. The number of nitrogens with one attached hydrogen (secondary N) is 1. The number of sulfonamides is 2. The van der Waals surface area contributed by atoms with Crippen LogP contribution in [0.3, 0.4) is 0 Å². The van der Waals surface area contributed by atoms with Crippen LogP contribution in [0.4, 0.5) is 5.69 Å². The molecule has 0 aliphatic carbocycles. The van der Waals surface area contributed by atoms with Gasteiger partial charge in [0.25, 0.3) is 10.0 Å². The summed E-state index contributed by atoms with van der Waals surface area (Å²) in [7, 11) is -4.57. The third-order valence-corrected chi connectivity index (χ3v) is 6.05. The lowest BCUT2D eigenvalue weighted by Crippen LogP contribution is -2.22. The summed E-state index contributed by atoms with van der Waals surface area (Å²) < 4.78 is 51.7. The van der Waals surface area contributed by atoms with Gasteiger partial charge in [0.15, 0.2) is 0 Å². The summed E-state index contributed by atoms with van der Waals surface area (Å²) >= 11 is 0. The van der Waals surface area contributed by atoms with Crippen LogP contribution in [0.5, 0.6) is 0 Å². The Morgan fingerprint density at radius 2 is 1.55 bits per heavy atom. The molecule has 2 aromatic rings. The molecular formula is C13H15N3O4S2. The van der Waals surface area contributed by atoms with Crippen LogP contribution in [0.25, 0.3) is 0 Å². The second kappa shape index (κ2) is 6.03. The molecule has 118 valence electrons. The van der Waals surface area contributed by atoms with Crippen LogP contribution < -0.4 is 4.72 Å². The van der Waals surface area contributed by atoms with Gasteiger partial charge in [-0.15, -0.1) is 0 Å². The third-order valence-electron chi connectivity index (χ3n) is 2.83. The van der Waals surface area contributed by atoms with E-state index in [1.54, 1.807) is 12.1 Å². The predicted molar refractivity (Wildman–Crippen MR) is 82.4 cm³/mol. The smallest absolute Gasteiger partial charge is 0.261 e. The average molecular weight is 341 g/mol. The first kappa shape index (κ1) is 16.4. The summed E-state index contributed by atoms with van der Waals surface area (Å²) in [5, 5.41) is 0. The molecule has 1 aromatic heterocycles. The van der Waals surface area contributed by atoms with Gasteiger partial charge in [0.1, 0.15) is 0 Å². The molecule has 7 nitrogen and oxygen atoms in total. The highest BCUT2D eigenvalue weighted by molar-refractivity contribution is 7.92. The number of anilines is 1. The van der Waals surface area contributed by atoms with Gasteiger partial charge in [-0.2, -0.15) is 0 Å². The fourth-order valence-electron chi connectivity index (χ4n) is 1.64. The summed E-state index contributed by atoms with van der Waals surface area (Å²) in [6.07, 6.45) is 2.90. The van der Waals surface area contributed by atoms with Gasteiger partial charge in [-0.25, -0.2) is 21.1 Å². The van der Waals surface area contributed by atoms with Gasteiger partial charge in [0, 0.05) is 20.3 Å². The zero-order chi connectivity index (χ0) is 16.4. The van der Waals surface area contributed by atoms with Crippen LogP contribution in [0.1, 0.15) is 0 Å². The molecule has 0 aliphatic heterocycles. The summed E-state index contributed by atoms with van der Waals surface area (Å²) in [6, 6.07) is 8.17. The van der Waals surface area contributed by atoms with E-state index >= 15 is 0 Å². The first-order valence-electron chi connectivity index (χ1n) is 6.19. The van der Waals surface area contributed by atoms with Crippen LogP contribution in [0.2, 0.25) is 0 Å². The Balaban J connectivity index is 2.31. The van der Waals surface area contributed by atoms with E-state index in [4.69, 9.17) is 0 Å². The average Bonchev–Trinajstić information content (AvgIpc) is 2.48. The van der Waals surface area contributed by atoms with E-state index in [2.05, 4.69) is 9.71 Å². The maximum absolute atomic E-state index is 12.2. The Morgan fingerprint density at radius 3 is 2.05 bits per heavy atom. The Morgan fingerprint density at radius 1 is 0.955 bits per heavy atom. The van der Waals surface area contributed by atoms with Gasteiger partial charge in [0.2, 0.25) is 10.0 Å². The van der Waals surface area contributed by atoms with Crippen molar-refractivity contribution in [3.8, 4) is 0 Å².